The molecule has 21 heavy (non-hydrogen) atoms. The number of benzene rings is 1. The van der Waals surface area contributed by atoms with Crippen molar-refractivity contribution in [3.63, 3.8) is 0 Å². The van der Waals surface area contributed by atoms with Gasteiger partial charge in [0.2, 0.25) is 0 Å². The monoisotopic (exact) mass is 333 g/mol. The summed E-state index contributed by atoms with van der Waals surface area (Å²) in [5.41, 5.74) is 6.65. The van der Waals surface area contributed by atoms with Crippen LogP contribution in [-0.2, 0) is 16.8 Å². The third-order valence-electron chi connectivity index (χ3n) is 3.64. The third kappa shape index (κ3) is 5.23. The Bertz CT molecular complexity index is 520. The molecule has 7 heteroatoms. The van der Waals surface area contributed by atoms with E-state index in [1.54, 1.807) is 0 Å². The standard InChI is InChI=1S/C14H23N3O2S.ClH/c1-2-17(11-12-6-4-3-5-7-12)20(18,19)16-14(10-15)13-8-9-13;/h3-7,13-14,16H,2,8-11,15H2,1H3;1H. The van der Waals surface area contributed by atoms with Crippen molar-refractivity contribution in [1.29, 1.82) is 0 Å². The smallest absolute Gasteiger partial charge is 0.280 e. The van der Waals surface area contributed by atoms with Crippen molar-refractivity contribution in [2.75, 3.05) is 13.1 Å². The van der Waals surface area contributed by atoms with Gasteiger partial charge in [-0.1, -0.05) is 37.3 Å². The van der Waals surface area contributed by atoms with E-state index in [0.29, 0.717) is 25.6 Å². The van der Waals surface area contributed by atoms with Crippen molar-refractivity contribution in [1.82, 2.24) is 9.03 Å². The zero-order chi connectivity index (χ0) is 14.6. The van der Waals surface area contributed by atoms with E-state index in [-0.39, 0.29) is 18.4 Å². The second-order valence-electron chi connectivity index (χ2n) is 5.21. The summed E-state index contributed by atoms with van der Waals surface area (Å²) in [5, 5.41) is 0. The second-order valence-corrected chi connectivity index (χ2v) is 6.92. The minimum atomic E-state index is -3.48. The van der Waals surface area contributed by atoms with Crippen LogP contribution in [0.3, 0.4) is 0 Å². The van der Waals surface area contributed by atoms with Gasteiger partial charge >= 0.3 is 0 Å². The first-order valence-electron chi connectivity index (χ1n) is 7.08. The zero-order valence-corrected chi connectivity index (χ0v) is 13.9. The highest BCUT2D eigenvalue weighted by atomic mass is 35.5. The highest BCUT2D eigenvalue weighted by Gasteiger charge is 2.34. The van der Waals surface area contributed by atoms with Crippen molar-refractivity contribution >= 4 is 22.6 Å². The number of nitrogens with two attached hydrogens (primary N) is 1. The quantitative estimate of drug-likeness (QED) is 0.757. The Morgan fingerprint density at radius 3 is 2.43 bits per heavy atom. The normalized spacial score (nSPS) is 16.5. The molecule has 0 aromatic heterocycles. The Hall–Kier alpha value is -0.660. The molecule has 0 aliphatic heterocycles. The van der Waals surface area contributed by atoms with Crippen molar-refractivity contribution in [2.45, 2.75) is 32.4 Å². The van der Waals surface area contributed by atoms with Gasteiger partial charge in [0.05, 0.1) is 0 Å². The predicted molar refractivity (Wildman–Crippen MR) is 87.4 cm³/mol. The lowest BCUT2D eigenvalue weighted by Gasteiger charge is -2.24. The minimum Gasteiger partial charge on any atom is -0.329 e. The second kappa shape index (κ2) is 8.10. The summed E-state index contributed by atoms with van der Waals surface area (Å²) in [4.78, 5) is 0. The molecule has 1 aromatic carbocycles. The van der Waals surface area contributed by atoms with Gasteiger partial charge in [0.1, 0.15) is 0 Å². The van der Waals surface area contributed by atoms with E-state index < -0.39 is 10.2 Å². The fourth-order valence-corrected chi connectivity index (χ4v) is 3.73. The Labute approximate surface area is 133 Å². The van der Waals surface area contributed by atoms with Gasteiger partial charge in [-0.2, -0.15) is 17.4 Å². The molecule has 5 nitrogen and oxygen atoms in total. The third-order valence-corrected chi connectivity index (χ3v) is 5.31. The lowest BCUT2D eigenvalue weighted by Crippen LogP contribution is -2.48. The first-order valence-corrected chi connectivity index (χ1v) is 8.52. The first-order chi connectivity index (χ1) is 9.56. The number of halogens is 1. The summed E-state index contributed by atoms with van der Waals surface area (Å²) >= 11 is 0. The summed E-state index contributed by atoms with van der Waals surface area (Å²) < 4.78 is 29.1. The zero-order valence-electron chi connectivity index (χ0n) is 12.2. The van der Waals surface area contributed by atoms with Gasteiger partial charge in [-0.15, -0.1) is 12.4 Å². The number of nitrogens with zero attached hydrogens (tertiary/aromatic N) is 1. The number of nitrogens with one attached hydrogen (secondary N) is 1. The minimum absolute atomic E-state index is 0. The van der Waals surface area contributed by atoms with Gasteiger partial charge in [0.25, 0.3) is 10.2 Å². The van der Waals surface area contributed by atoms with E-state index in [0.717, 1.165) is 18.4 Å². The van der Waals surface area contributed by atoms with Gasteiger partial charge < -0.3 is 5.73 Å². The summed E-state index contributed by atoms with van der Waals surface area (Å²) in [5.74, 6) is 0.408. The van der Waals surface area contributed by atoms with E-state index in [4.69, 9.17) is 5.73 Å². The maximum Gasteiger partial charge on any atom is 0.280 e. The molecular weight excluding hydrogens is 310 g/mol. The van der Waals surface area contributed by atoms with Gasteiger partial charge in [0, 0.05) is 25.7 Å². The molecule has 1 aliphatic rings. The Morgan fingerprint density at radius 1 is 1.33 bits per heavy atom. The van der Waals surface area contributed by atoms with Crippen LogP contribution in [0.1, 0.15) is 25.3 Å². The molecule has 1 atom stereocenters. The molecule has 0 saturated heterocycles. The highest BCUT2D eigenvalue weighted by Crippen LogP contribution is 2.32. The van der Waals surface area contributed by atoms with Crippen LogP contribution in [-0.4, -0.2) is 31.9 Å². The fourth-order valence-electron chi connectivity index (χ4n) is 2.26. The molecule has 2 rings (SSSR count). The topological polar surface area (TPSA) is 75.4 Å². The van der Waals surface area contributed by atoms with Crippen molar-refractivity contribution < 1.29 is 8.42 Å². The van der Waals surface area contributed by atoms with E-state index in [9.17, 15) is 8.42 Å². The summed E-state index contributed by atoms with van der Waals surface area (Å²) in [7, 11) is -3.48. The van der Waals surface area contributed by atoms with Crippen LogP contribution < -0.4 is 10.5 Å². The van der Waals surface area contributed by atoms with Crippen molar-refractivity contribution in [3.8, 4) is 0 Å². The van der Waals surface area contributed by atoms with Crippen LogP contribution in [0.25, 0.3) is 0 Å². The lowest BCUT2D eigenvalue weighted by molar-refractivity contribution is 0.401. The predicted octanol–water partition coefficient (Wildman–Crippen LogP) is 1.50. The van der Waals surface area contributed by atoms with Gasteiger partial charge in [-0.05, 0) is 24.3 Å². The van der Waals surface area contributed by atoms with Crippen LogP contribution >= 0.6 is 12.4 Å². The lowest BCUT2D eigenvalue weighted by atomic mass is 10.2. The number of hydrogen-bond donors (Lipinski definition) is 2. The van der Waals surface area contributed by atoms with E-state index in [1.807, 2.05) is 37.3 Å². The Balaban J connectivity index is 0.00000220. The highest BCUT2D eigenvalue weighted by molar-refractivity contribution is 7.87. The number of rotatable bonds is 8. The Kier molecular flexibility index (Phi) is 7.09. The number of hydrogen-bond acceptors (Lipinski definition) is 3. The largest absolute Gasteiger partial charge is 0.329 e. The van der Waals surface area contributed by atoms with Gasteiger partial charge in [0.15, 0.2) is 0 Å². The molecule has 0 spiro atoms. The molecule has 0 heterocycles. The molecule has 1 fully saturated rings. The van der Waals surface area contributed by atoms with Gasteiger partial charge in [-0.25, -0.2) is 0 Å². The van der Waals surface area contributed by atoms with Crippen LogP contribution in [0.5, 0.6) is 0 Å². The van der Waals surface area contributed by atoms with Crippen molar-refractivity contribution in [3.05, 3.63) is 35.9 Å². The average molecular weight is 334 g/mol. The fraction of sp³-hybridized carbons (Fsp3) is 0.571. The van der Waals surface area contributed by atoms with E-state index in [1.165, 1.54) is 4.31 Å². The maximum absolute atomic E-state index is 12.4. The Morgan fingerprint density at radius 2 is 1.95 bits per heavy atom. The van der Waals surface area contributed by atoms with E-state index in [2.05, 4.69) is 4.72 Å². The molecule has 120 valence electrons. The molecule has 1 aliphatic carbocycles. The van der Waals surface area contributed by atoms with Crippen LogP contribution in [0.2, 0.25) is 0 Å². The maximum atomic E-state index is 12.4. The molecule has 3 N–H and O–H groups in total. The molecule has 0 bridgehead atoms. The summed E-state index contributed by atoms with van der Waals surface area (Å²) in [6.07, 6.45) is 2.13. The molecule has 0 radical (unpaired) electrons. The first kappa shape index (κ1) is 18.4. The molecule has 1 saturated carbocycles. The van der Waals surface area contributed by atoms with Crippen LogP contribution in [0.4, 0.5) is 0 Å². The molecule has 0 amide bonds. The molecule has 1 aromatic rings. The SMILES string of the molecule is CCN(Cc1ccccc1)S(=O)(=O)NC(CN)C1CC1.Cl. The summed E-state index contributed by atoms with van der Waals surface area (Å²) in [6, 6.07) is 9.47. The van der Waals surface area contributed by atoms with Crippen LogP contribution in [0.15, 0.2) is 30.3 Å². The molecular formula is C14H24ClN3O2S. The summed E-state index contributed by atoms with van der Waals surface area (Å²) in [6.45, 7) is 3.02. The van der Waals surface area contributed by atoms with Gasteiger partial charge in [-0.3, -0.25) is 0 Å². The molecule has 1 unspecified atom stereocenters. The van der Waals surface area contributed by atoms with Crippen molar-refractivity contribution in [2.24, 2.45) is 11.7 Å². The van der Waals surface area contributed by atoms with Crippen LogP contribution in [0, 0.1) is 5.92 Å². The van der Waals surface area contributed by atoms with E-state index >= 15 is 0 Å². The average Bonchev–Trinajstić information content (AvgIpc) is 3.27.